The molecule has 2 N–H and O–H groups in total. The largest absolute Gasteiger partial charge is 0.335 e. The molecule has 3 rings (SSSR count). The van der Waals surface area contributed by atoms with Crippen LogP contribution in [0.3, 0.4) is 0 Å². The van der Waals surface area contributed by atoms with E-state index in [0.717, 1.165) is 47.8 Å². The van der Waals surface area contributed by atoms with Crippen LogP contribution in [-0.2, 0) is 24.2 Å². The number of nitrogens with zero attached hydrogens (tertiary/aromatic N) is 2. The molecule has 1 atom stereocenters. The maximum Gasteiger partial charge on any atom is 0.321 e. The van der Waals surface area contributed by atoms with E-state index >= 15 is 0 Å². The molecule has 0 aliphatic heterocycles. The highest BCUT2D eigenvalue weighted by Gasteiger charge is 2.23. The van der Waals surface area contributed by atoms with Gasteiger partial charge in [-0.05, 0) is 38.2 Å². The van der Waals surface area contributed by atoms with Gasteiger partial charge in [0.05, 0.1) is 11.1 Å². The van der Waals surface area contributed by atoms with Crippen LogP contribution < -0.4 is 16.2 Å². The molecule has 3 amide bonds. The molecule has 28 heavy (non-hydrogen) atoms. The number of hydrogen-bond acceptors (Lipinski definition) is 6. The quantitative estimate of drug-likeness (QED) is 0.408. The summed E-state index contributed by atoms with van der Waals surface area (Å²) in [7, 11) is 0. The summed E-state index contributed by atoms with van der Waals surface area (Å²) in [6.07, 6.45) is 5.41. The number of aromatic nitrogens is 2. The molecule has 150 valence electrons. The Labute approximate surface area is 171 Å². The van der Waals surface area contributed by atoms with Crippen LogP contribution in [0.5, 0.6) is 0 Å². The van der Waals surface area contributed by atoms with Gasteiger partial charge in [-0.15, -0.1) is 17.9 Å². The molecule has 7 nitrogen and oxygen atoms in total. The third kappa shape index (κ3) is 4.30. The molecule has 1 aliphatic rings. The predicted molar refractivity (Wildman–Crippen MR) is 113 cm³/mol. The topological polar surface area (TPSA) is 93.1 Å². The highest BCUT2D eigenvalue weighted by Crippen LogP contribution is 2.35. The van der Waals surface area contributed by atoms with Crippen LogP contribution in [0.1, 0.15) is 37.1 Å². The first kappa shape index (κ1) is 20.6. The molecule has 0 saturated heterocycles. The number of amides is 3. The van der Waals surface area contributed by atoms with E-state index in [1.165, 1.54) is 4.88 Å². The monoisotopic (exact) mass is 420 g/mol. The molecule has 9 heteroatoms. The summed E-state index contributed by atoms with van der Waals surface area (Å²) >= 11 is 2.72. The molecule has 2 aromatic heterocycles. The zero-order valence-corrected chi connectivity index (χ0v) is 17.7. The average molecular weight is 421 g/mol. The number of carbonyl (C=O) groups excluding carboxylic acids is 2. The number of nitrogens with one attached hydrogen (secondary N) is 2. The van der Waals surface area contributed by atoms with Crippen LogP contribution >= 0.6 is 23.1 Å². The number of rotatable bonds is 7. The van der Waals surface area contributed by atoms with Gasteiger partial charge in [-0.3, -0.25) is 19.5 Å². The first-order valence-electron chi connectivity index (χ1n) is 9.33. The molecule has 2 aromatic rings. The Morgan fingerprint density at radius 1 is 1.43 bits per heavy atom. The van der Waals surface area contributed by atoms with Crippen LogP contribution in [-0.4, -0.2) is 33.3 Å². The Hall–Kier alpha value is -2.13. The number of thioether (sulfide) groups is 1. The van der Waals surface area contributed by atoms with Crippen LogP contribution in [0.25, 0.3) is 10.2 Å². The van der Waals surface area contributed by atoms with E-state index in [9.17, 15) is 14.4 Å². The minimum atomic E-state index is -0.512. The Morgan fingerprint density at radius 2 is 2.21 bits per heavy atom. The molecule has 0 aromatic carbocycles. The van der Waals surface area contributed by atoms with Gasteiger partial charge >= 0.3 is 6.03 Å². The molecule has 1 aliphatic carbocycles. The Bertz CT molecular complexity index is 980. The van der Waals surface area contributed by atoms with Gasteiger partial charge in [0.2, 0.25) is 5.91 Å². The number of imide groups is 1. The summed E-state index contributed by atoms with van der Waals surface area (Å²) in [5.41, 5.74) is 1.05. The molecular weight excluding hydrogens is 396 g/mol. The number of carbonyl (C=O) groups is 2. The van der Waals surface area contributed by atoms with Crippen molar-refractivity contribution in [2.75, 3.05) is 5.75 Å². The zero-order valence-electron chi connectivity index (χ0n) is 16.0. The molecule has 0 unspecified atom stereocenters. The second-order valence-corrected chi connectivity index (χ2v) is 8.78. The molecule has 0 spiro atoms. The molecule has 0 fully saturated rings. The van der Waals surface area contributed by atoms with Crippen LogP contribution in [0.2, 0.25) is 0 Å². The van der Waals surface area contributed by atoms with Gasteiger partial charge < -0.3 is 5.32 Å². The number of fused-ring (bicyclic) bond motifs is 3. The van der Waals surface area contributed by atoms with Gasteiger partial charge in [0.1, 0.15) is 4.83 Å². The lowest BCUT2D eigenvalue weighted by atomic mass is 10.2. The maximum absolute atomic E-state index is 13.0. The van der Waals surface area contributed by atoms with Crippen molar-refractivity contribution in [3.05, 3.63) is 33.4 Å². The van der Waals surface area contributed by atoms with Crippen molar-refractivity contribution >= 4 is 45.3 Å². The van der Waals surface area contributed by atoms with Gasteiger partial charge in [-0.2, -0.15) is 0 Å². The van der Waals surface area contributed by atoms with Gasteiger partial charge in [-0.25, -0.2) is 9.78 Å². The third-order valence-corrected chi connectivity index (χ3v) is 6.84. The van der Waals surface area contributed by atoms with Crippen molar-refractivity contribution in [3.8, 4) is 0 Å². The Kier molecular flexibility index (Phi) is 6.56. The highest BCUT2D eigenvalue weighted by atomic mass is 32.2. The molecule has 2 heterocycles. The second kappa shape index (κ2) is 8.91. The fraction of sp³-hybridized carbons (Fsp3) is 0.474. The van der Waals surface area contributed by atoms with E-state index in [-0.39, 0.29) is 17.4 Å². The van der Waals surface area contributed by atoms with Crippen molar-refractivity contribution in [3.63, 3.8) is 0 Å². The summed E-state index contributed by atoms with van der Waals surface area (Å²) in [5, 5.41) is 6.17. The Morgan fingerprint density at radius 3 is 2.93 bits per heavy atom. The number of allylic oxidation sites excluding steroid dienone is 1. The van der Waals surface area contributed by atoms with Crippen molar-refractivity contribution in [2.24, 2.45) is 0 Å². The molecule has 0 bridgehead atoms. The predicted octanol–water partition coefficient (Wildman–Crippen LogP) is 2.85. The summed E-state index contributed by atoms with van der Waals surface area (Å²) in [5.74, 6) is -0.437. The fourth-order valence-electron chi connectivity index (χ4n) is 3.11. The lowest BCUT2D eigenvalue weighted by molar-refractivity contribution is -0.117. The van der Waals surface area contributed by atoms with E-state index in [1.54, 1.807) is 22.0 Å². The summed E-state index contributed by atoms with van der Waals surface area (Å²) in [4.78, 5) is 43.5. The Balaban J connectivity index is 1.78. The van der Waals surface area contributed by atoms with Crippen molar-refractivity contribution in [1.29, 1.82) is 0 Å². The zero-order chi connectivity index (χ0) is 20.3. The number of urea groups is 1. The highest BCUT2D eigenvalue weighted by molar-refractivity contribution is 7.99. The van der Waals surface area contributed by atoms with Crippen molar-refractivity contribution in [2.45, 2.75) is 57.3 Å². The molecular formula is C19H24N4O3S2. The normalized spacial score (nSPS) is 13.9. The number of thiophene rings is 1. The maximum atomic E-state index is 13.0. The van der Waals surface area contributed by atoms with Gasteiger partial charge in [0.25, 0.3) is 5.56 Å². The van der Waals surface area contributed by atoms with Gasteiger partial charge in [0, 0.05) is 17.5 Å². The van der Waals surface area contributed by atoms with Crippen LogP contribution in [0.15, 0.2) is 22.6 Å². The van der Waals surface area contributed by atoms with Crippen LogP contribution in [0, 0.1) is 0 Å². The molecule has 0 radical (unpaired) electrons. The van der Waals surface area contributed by atoms with Gasteiger partial charge in [0.15, 0.2) is 5.16 Å². The van der Waals surface area contributed by atoms with E-state index < -0.39 is 11.9 Å². The standard InChI is InChI=1S/C19H24N4O3S2/c1-4-9-23-17(25)15-12-7-6-8-13(12)28-16(15)22-19(23)27-10-14(24)21-18(26)20-11(3)5-2/h4,11H,1,5-10H2,2-3H3,(H2,20,21,24,26)/t11-/m1/s1. The van der Waals surface area contributed by atoms with E-state index in [4.69, 9.17) is 0 Å². The smallest absolute Gasteiger partial charge is 0.321 e. The van der Waals surface area contributed by atoms with E-state index in [1.807, 2.05) is 13.8 Å². The lowest BCUT2D eigenvalue weighted by Gasteiger charge is -2.12. The minimum Gasteiger partial charge on any atom is -0.335 e. The van der Waals surface area contributed by atoms with E-state index in [0.29, 0.717) is 17.1 Å². The first-order valence-corrected chi connectivity index (χ1v) is 11.1. The first-order chi connectivity index (χ1) is 13.4. The summed E-state index contributed by atoms with van der Waals surface area (Å²) in [6.45, 7) is 7.86. The SMILES string of the molecule is C=CCn1c(SCC(=O)NC(=O)N[C@H](C)CC)nc2sc3c(c2c1=O)CCC3. The lowest BCUT2D eigenvalue weighted by Crippen LogP contribution is -2.44. The summed E-state index contributed by atoms with van der Waals surface area (Å²) < 4.78 is 1.55. The van der Waals surface area contributed by atoms with Crippen molar-refractivity contribution in [1.82, 2.24) is 20.2 Å². The molecule has 0 saturated carbocycles. The minimum absolute atomic E-state index is 0.00585. The second-order valence-electron chi connectivity index (χ2n) is 6.76. The van der Waals surface area contributed by atoms with E-state index in [2.05, 4.69) is 22.2 Å². The summed E-state index contributed by atoms with van der Waals surface area (Å²) in [6, 6.07) is -0.524. The van der Waals surface area contributed by atoms with Crippen molar-refractivity contribution < 1.29 is 9.59 Å². The third-order valence-electron chi connectivity index (χ3n) is 4.68. The van der Waals surface area contributed by atoms with Crippen LogP contribution in [0.4, 0.5) is 4.79 Å². The number of hydrogen-bond donors (Lipinski definition) is 2. The average Bonchev–Trinajstić information content (AvgIpc) is 3.23. The fourth-order valence-corrected chi connectivity index (χ4v) is 5.22. The number of aryl methyl sites for hydroxylation is 2. The van der Waals surface area contributed by atoms with Gasteiger partial charge in [-0.1, -0.05) is 24.8 Å².